The highest BCUT2D eigenvalue weighted by Crippen LogP contribution is 2.20. The molecule has 0 amide bonds. The van der Waals surface area contributed by atoms with Gasteiger partial charge in [-0.2, -0.15) is 0 Å². The number of hydrogen-bond donors (Lipinski definition) is 1. The minimum Gasteiger partial charge on any atom is -0.379 e. The van der Waals surface area contributed by atoms with E-state index in [0.29, 0.717) is 0 Å². The van der Waals surface area contributed by atoms with Crippen LogP contribution in [0.25, 0.3) is 0 Å². The van der Waals surface area contributed by atoms with Gasteiger partial charge in [0, 0.05) is 26.2 Å². The number of methoxy groups -OCH3 is 1. The summed E-state index contributed by atoms with van der Waals surface area (Å²) in [4.78, 5) is 2.61. The van der Waals surface area contributed by atoms with Gasteiger partial charge >= 0.3 is 0 Å². The molecule has 96 valence electrons. The van der Waals surface area contributed by atoms with Crippen molar-refractivity contribution in [3.63, 3.8) is 0 Å². The Kier molecular flexibility index (Phi) is 5.73. The molecule has 0 aromatic rings. The SMILES string of the molecule is CCNCC1CCCN1CCC(C)(C)OC. The highest BCUT2D eigenvalue weighted by molar-refractivity contribution is 4.82. The van der Waals surface area contributed by atoms with Crippen molar-refractivity contribution >= 4 is 0 Å². The van der Waals surface area contributed by atoms with Crippen LogP contribution in [-0.4, -0.2) is 49.8 Å². The Balaban J connectivity index is 2.29. The summed E-state index contributed by atoms with van der Waals surface area (Å²) in [6, 6.07) is 0.743. The van der Waals surface area contributed by atoms with Crippen LogP contribution < -0.4 is 5.32 Å². The van der Waals surface area contributed by atoms with Crippen LogP contribution in [-0.2, 0) is 4.74 Å². The van der Waals surface area contributed by atoms with E-state index >= 15 is 0 Å². The molecule has 1 aliphatic rings. The molecule has 0 bridgehead atoms. The predicted molar refractivity (Wildman–Crippen MR) is 68.8 cm³/mol. The molecule has 0 radical (unpaired) electrons. The molecular formula is C13H28N2O. The van der Waals surface area contributed by atoms with Crippen LogP contribution in [0, 0.1) is 0 Å². The molecule has 1 rings (SSSR count). The molecule has 0 aromatic heterocycles. The molecule has 1 saturated heterocycles. The molecule has 0 spiro atoms. The number of likely N-dealkylation sites (tertiary alicyclic amines) is 1. The van der Waals surface area contributed by atoms with Gasteiger partial charge < -0.3 is 10.1 Å². The zero-order valence-electron chi connectivity index (χ0n) is 11.4. The Bertz CT molecular complexity index is 194. The lowest BCUT2D eigenvalue weighted by Crippen LogP contribution is -2.40. The highest BCUT2D eigenvalue weighted by Gasteiger charge is 2.26. The summed E-state index contributed by atoms with van der Waals surface area (Å²) in [5, 5.41) is 3.46. The van der Waals surface area contributed by atoms with Crippen LogP contribution in [0.15, 0.2) is 0 Å². The van der Waals surface area contributed by atoms with E-state index in [-0.39, 0.29) is 5.60 Å². The zero-order valence-corrected chi connectivity index (χ0v) is 11.4. The fourth-order valence-corrected chi connectivity index (χ4v) is 2.25. The normalized spacial score (nSPS) is 22.9. The van der Waals surface area contributed by atoms with E-state index in [1.54, 1.807) is 7.11 Å². The van der Waals surface area contributed by atoms with Gasteiger partial charge in [0.1, 0.15) is 0 Å². The Morgan fingerprint density at radius 1 is 1.44 bits per heavy atom. The van der Waals surface area contributed by atoms with Crippen LogP contribution in [0.2, 0.25) is 0 Å². The van der Waals surface area contributed by atoms with Gasteiger partial charge in [0.15, 0.2) is 0 Å². The number of nitrogens with zero attached hydrogens (tertiary/aromatic N) is 1. The van der Waals surface area contributed by atoms with Gasteiger partial charge in [-0.05, 0) is 46.2 Å². The molecule has 0 saturated carbocycles. The maximum Gasteiger partial charge on any atom is 0.0634 e. The predicted octanol–water partition coefficient (Wildman–Crippen LogP) is 1.88. The molecule has 1 atom stereocenters. The quantitative estimate of drug-likeness (QED) is 0.720. The second-order valence-corrected chi connectivity index (χ2v) is 5.35. The Morgan fingerprint density at radius 3 is 2.81 bits per heavy atom. The van der Waals surface area contributed by atoms with Crippen molar-refractivity contribution in [3.05, 3.63) is 0 Å². The zero-order chi connectivity index (χ0) is 12.0. The van der Waals surface area contributed by atoms with Gasteiger partial charge in [-0.3, -0.25) is 4.90 Å². The summed E-state index contributed by atoms with van der Waals surface area (Å²) < 4.78 is 5.47. The molecule has 0 aliphatic carbocycles. The van der Waals surface area contributed by atoms with E-state index in [0.717, 1.165) is 32.1 Å². The third-order valence-corrected chi connectivity index (χ3v) is 3.68. The average molecular weight is 228 g/mol. The van der Waals surface area contributed by atoms with Gasteiger partial charge in [0.2, 0.25) is 0 Å². The Morgan fingerprint density at radius 2 is 2.19 bits per heavy atom. The fraction of sp³-hybridized carbons (Fsp3) is 1.00. The molecule has 1 aliphatic heterocycles. The van der Waals surface area contributed by atoms with Crippen molar-refractivity contribution in [2.45, 2.75) is 51.7 Å². The molecule has 1 unspecified atom stereocenters. The summed E-state index contributed by atoms with van der Waals surface area (Å²) in [5.41, 5.74) is 0.0192. The fourth-order valence-electron chi connectivity index (χ4n) is 2.25. The van der Waals surface area contributed by atoms with Gasteiger partial charge in [-0.1, -0.05) is 6.92 Å². The molecule has 3 nitrogen and oxygen atoms in total. The second kappa shape index (κ2) is 6.58. The first-order valence-corrected chi connectivity index (χ1v) is 6.59. The van der Waals surface area contributed by atoms with E-state index < -0.39 is 0 Å². The molecule has 1 N–H and O–H groups in total. The Hall–Kier alpha value is -0.120. The van der Waals surface area contributed by atoms with E-state index in [4.69, 9.17) is 4.74 Å². The molecule has 1 fully saturated rings. The minimum absolute atomic E-state index is 0.0192. The summed E-state index contributed by atoms with van der Waals surface area (Å²) in [5.74, 6) is 0. The van der Waals surface area contributed by atoms with E-state index in [1.807, 2.05) is 0 Å². The average Bonchev–Trinajstić information content (AvgIpc) is 2.71. The maximum absolute atomic E-state index is 5.47. The van der Waals surface area contributed by atoms with Crippen LogP contribution >= 0.6 is 0 Å². The summed E-state index contributed by atoms with van der Waals surface area (Å²) in [6.07, 6.45) is 3.82. The van der Waals surface area contributed by atoms with Crippen molar-refractivity contribution in [2.75, 3.05) is 33.3 Å². The topological polar surface area (TPSA) is 24.5 Å². The summed E-state index contributed by atoms with van der Waals surface area (Å²) in [7, 11) is 1.81. The lowest BCUT2D eigenvalue weighted by atomic mass is 10.0. The molecule has 3 heteroatoms. The van der Waals surface area contributed by atoms with E-state index in [1.165, 1.54) is 19.4 Å². The van der Waals surface area contributed by atoms with Crippen molar-refractivity contribution in [3.8, 4) is 0 Å². The maximum atomic E-state index is 5.47. The lowest BCUT2D eigenvalue weighted by molar-refractivity contribution is 0.00654. The monoisotopic (exact) mass is 228 g/mol. The minimum atomic E-state index is 0.0192. The van der Waals surface area contributed by atoms with Crippen molar-refractivity contribution in [1.29, 1.82) is 0 Å². The van der Waals surface area contributed by atoms with Crippen molar-refractivity contribution in [1.82, 2.24) is 10.2 Å². The standard InChI is InChI=1S/C13H28N2O/c1-5-14-11-12-7-6-9-15(12)10-8-13(2,3)16-4/h12,14H,5-11H2,1-4H3. The first-order valence-electron chi connectivity index (χ1n) is 6.59. The third kappa shape index (κ3) is 4.40. The molecule has 16 heavy (non-hydrogen) atoms. The lowest BCUT2D eigenvalue weighted by Gasteiger charge is -2.29. The first kappa shape index (κ1) is 13.9. The number of ether oxygens (including phenoxy) is 1. The molecular weight excluding hydrogens is 200 g/mol. The summed E-state index contributed by atoms with van der Waals surface area (Å²) >= 11 is 0. The number of hydrogen-bond acceptors (Lipinski definition) is 3. The van der Waals surface area contributed by atoms with E-state index in [2.05, 4.69) is 31.0 Å². The first-order chi connectivity index (χ1) is 7.59. The number of rotatable bonds is 7. The number of nitrogens with one attached hydrogen (secondary N) is 1. The van der Waals surface area contributed by atoms with Crippen molar-refractivity contribution < 1.29 is 4.74 Å². The van der Waals surface area contributed by atoms with E-state index in [9.17, 15) is 0 Å². The largest absolute Gasteiger partial charge is 0.379 e. The van der Waals surface area contributed by atoms with Gasteiger partial charge in [0.05, 0.1) is 5.60 Å². The third-order valence-electron chi connectivity index (χ3n) is 3.68. The van der Waals surface area contributed by atoms with Gasteiger partial charge in [-0.25, -0.2) is 0 Å². The number of likely N-dealkylation sites (N-methyl/N-ethyl adjacent to an activating group) is 1. The van der Waals surface area contributed by atoms with Crippen LogP contribution in [0.4, 0.5) is 0 Å². The Labute approximate surface area is 101 Å². The van der Waals surface area contributed by atoms with Crippen molar-refractivity contribution in [2.24, 2.45) is 0 Å². The van der Waals surface area contributed by atoms with Crippen LogP contribution in [0.1, 0.15) is 40.0 Å². The smallest absolute Gasteiger partial charge is 0.0634 e. The second-order valence-electron chi connectivity index (χ2n) is 5.35. The van der Waals surface area contributed by atoms with Crippen LogP contribution in [0.3, 0.4) is 0 Å². The highest BCUT2D eigenvalue weighted by atomic mass is 16.5. The summed E-state index contributed by atoms with van der Waals surface area (Å²) in [6.45, 7) is 11.2. The van der Waals surface area contributed by atoms with Gasteiger partial charge in [-0.15, -0.1) is 0 Å². The van der Waals surface area contributed by atoms with Crippen LogP contribution in [0.5, 0.6) is 0 Å². The molecule has 0 aromatic carbocycles. The molecule has 1 heterocycles. The van der Waals surface area contributed by atoms with Gasteiger partial charge in [0.25, 0.3) is 0 Å².